The van der Waals surface area contributed by atoms with Crippen molar-refractivity contribution in [3.05, 3.63) is 35.8 Å². The van der Waals surface area contributed by atoms with Gasteiger partial charge >= 0.3 is 5.97 Å². The fraction of sp³-hybridized carbons (Fsp3) is 0. The number of aromatic carboxylic acids is 1. The molecule has 0 aliphatic heterocycles. The van der Waals surface area contributed by atoms with Gasteiger partial charge in [-0.1, -0.05) is 0 Å². The highest BCUT2D eigenvalue weighted by Crippen LogP contribution is 2.18. The number of aromatic nitrogens is 1. The highest BCUT2D eigenvalue weighted by atomic mass is 35.5. The van der Waals surface area contributed by atoms with Crippen molar-refractivity contribution >= 4 is 29.3 Å². The first kappa shape index (κ1) is 10.5. The van der Waals surface area contributed by atoms with E-state index in [9.17, 15) is 9.18 Å². The highest BCUT2D eigenvalue weighted by Gasteiger charge is 2.10. The third-order valence-electron chi connectivity index (χ3n) is 1.87. The Hall–Kier alpha value is -1.55. The summed E-state index contributed by atoms with van der Waals surface area (Å²) >= 11 is 0. The summed E-state index contributed by atoms with van der Waals surface area (Å²) < 4.78 is 12.8. The maximum atomic E-state index is 12.8. The van der Waals surface area contributed by atoms with Gasteiger partial charge in [-0.05, 0) is 18.2 Å². The monoisotopic (exact) mass is 215 g/mol. The van der Waals surface area contributed by atoms with Crippen LogP contribution in [-0.4, -0.2) is 16.1 Å². The molecule has 0 aliphatic rings. The number of fused-ring (bicyclic) bond motifs is 1. The molecule has 0 atom stereocenters. The van der Waals surface area contributed by atoms with Crippen molar-refractivity contribution in [2.75, 3.05) is 0 Å². The zero-order valence-electron chi connectivity index (χ0n) is 6.95. The lowest BCUT2D eigenvalue weighted by Crippen LogP contribution is -1.93. The summed E-state index contributed by atoms with van der Waals surface area (Å²) in [6.07, 6.45) is 1.35. The third kappa shape index (κ3) is 1.56. The molecular weight excluding hydrogens is 209 g/mol. The molecule has 0 unspecified atom stereocenters. The average Bonchev–Trinajstić information content (AvgIpc) is 2.46. The molecule has 0 saturated carbocycles. The van der Waals surface area contributed by atoms with Gasteiger partial charge in [0.15, 0.2) is 0 Å². The number of hydrogen-bond donors (Lipinski definition) is 2. The second kappa shape index (κ2) is 3.67. The first-order valence-electron chi connectivity index (χ1n) is 3.68. The molecule has 3 nitrogen and oxygen atoms in total. The number of hydrogen-bond acceptors (Lipinski definition) is 1. The van der Waals surface area contributed by atoms with Gasteiger partial charge in [0.25, 0.3) is 0 Å². The summed E-state index contributed by atoms with van der Waals surface area (Å²) in [6.45, 7) is 0. The Morgan fingerprint density at radius 2 is 2.14 bits per heavy atom. The van der Waals surface area contributed by atoms with Gasteiger partial charge in [0, 0.05) is 17.1 Å². The van der Waals surface area contributed by atoms with Crippen LogP contribution in [0.25, 0.3) is 10.9 Å². The zero-order chi connectivity index (χ0) is 9.42. The lowest BCUT2D eigenvalue weighted by molar-refractivity contribution is 0.0699. The molecule has 2 rings (SSSR count). The van der Waals surface area contributed by atoms with Crippen LogP contribution < -0.4 is 0 Å². The molecule has 2 N–H and O–H groups in total. The van der Waals surface area contributed by atoms with Crippen LogP contribution in [-0.2, 0) is 0 Å². The van der Waals surface area contributed by atoms with Crippen molar-refractivity contribution in [2.45, 2.75) is 0 Å². The predicted molar refractivity (Wildman–Crippen MR) is 52.5 cm³/mol. The highest BCUT2D eigenvalue weighted by molar-refractivity contribution is 6.03. The summed E-state index contributed by atoms with van der Waals surface area (Å²) in [5.41, 5.74) is 0.716. The number of carbonyl (C=O) groups is 1. The van der Waals surface area contributed by atoms with E-state index >= 15 is 0 Å². The van der Waals surface area contributed by atoms with Crippen LogP contribution in [0.15, 0.2) is 24.4 Å². The fourth-order valence-electron chi connectivity index (χ4n) is 1.27. The Labute approximate surface area is 85.0 Å². The Balaban J connectivity index is 0.000000980. The van der Waals surface area contributed by atoms with Gasteiger partial charge in [-0.3, -0.25) is 0 Å². The van der Waals surface area contributed by atoms with Crippen LogP contribution >= 0.6 is 12.4 Å². The van der Waals surface area contributed by atoms with Crippen LogP contribution in [0.2, 0.25) is 0 Å². The number of aromatic amines is 1. The third-order valence-corrected chi connectivity index (χ3v) is 1.87. The van der Waals surface area contributed by atoms with Gasteiger partial charge in [0.1, 0.15) is 5.82 Å². The molecule has 0 aliphatic carbocycles. The van der Waals surface area contributed by atoms with Crippen LogP contribution in [0.3, 0.4) is 0 Å². The maximum Gasteiger partial charge on any atom is 0.337 e. The van der Waals surface area contributed by atoms with E-state index < -0.39 is 11.8 Å². The van der Waals surface area contributed by atoms with Crippen LogP contribution in [0.1, 0.15) is 10.4 Å². The molecule has 0 amide bonds. The van der Waals surface area contributed by atoms with Crippen molar-refractivity contribution < 1.29 is 14.3 Å². The van der Waals surface area contributed by atoms with Crippen molar-refractivity contribution in [1.82, 2.24) is 4.98 Å². The van der Waals surface area contributed by atoms with Gasteiger partial charge in [0.05, 0.1) is 5.56 Å². The van der Waals surface area contributed by atoms with E-state index in [-0.39, 0.29) is 18.0 Å². The topological polar surface area (TPSA) is 53.1 Å². The number of H-pyrrole nitrogens is 1. The van der Waals surface area contributed by atoms with Gasteiger partial charge < -0.3 is 10.1 Å². The van der Waals surface area contributed by atoms with E-state index in [1.165, 1.54) is 24.4 Å². The van der Waals surface area contributed by atoms with E-state index in [0.717, 1.165) is 0 Å². The molecule has 0 radical (unpaired) electrons. The number of carboxylic acids is 1. The molecule has 0 bridgehead atoms. The van der Waals surface area contributed by atoms with Crippen molar-refractivity contribution in [3.63, 3.8) is 0 Å². The number of nitrogens with one attached hydrogen (secondary N) is 1. The van der Waals surface area contributed by atoms with E-state index in [1.54, 1.807) is 0 Å². The zero-order valence-corrected chi connectivity index (χ0v) is 7.77. The summed E-state index contributed by atoms with van der Waals surface area (Å²) in [6, 6.07) is 4.00. The summed E-state index contributed by atoms with van der Waals surface area (Å²) in [5.74, 6) is -1.49. The molecule has 0 fully saturated rings. The molecule has 74 valence electrons. The largest absolute Gasteiger partial charge is 0.478 e. The quantitative estimate of drug-likeness (QED) is 0.768. The predicted octanol–water partition coefficient (Wildman–Crippen LogP) is 2.43. The molecule has 2 aromatic rings. The smallest absolute Gasteiger partial charge is 0.337 e. The summed E-state index contributed by atoms with van der Waals surface area (Å²) in [5, 5.41) is 9.12. The van der Waals surface area contributed by atoms with Crippen LogP contribution in [0, 0.1) is 5.82 Å². The van der Waals surface area contributed by atoms with Gasteiger partial charge in [-0.2, -0.15) is 0 Å². The SMILES string of the molecule is Cl.O=C(O)c1c[nH]c2ccc(F)cc12. The second-order valence-electron chi connectivity index (χ2n) is 2.70. The Kier molecular flexibility index (Phi) is 2.76. The Morgan fingerprint density at radius 3 is 2.79 bits per heavy atom. The Bertz CT molecular complexity index is 481. The average molecular weight is 216 g/mol. The maximum absolute atomic E-state index is 12.8. The number of rotatable bonds is 1. The van der Waals surface area contributed by atoms with E-state index in [2.05, 4.69) is 4.98 Å². The molecule has 1 heterocycles. The van der Waals surface area contributed by atoms with Crippen molar-refractivity contribution in [3.8, 4) is 0 Å². The first-order chi connectivity index (χ1) is 6.18. The lowest BCUT2D eigenvalue weighted by Gasteiger charge is -1.91. The summed E-state index contributed by atoms with van der Waals surface area (Å²) in [4.78, 5) is 13.4. The van der Waals surface area contributed by atoms with Gasteiger partial charge in [0.2, 0.25) is 0 Å². The molecular formula is C9H7ClFNO2. The minimum atomic E-state index is -1.06. The normalized spacial score (nSPS) is 9.79. The van der Waals surface area contributed by atoms with E-state index in [4.69, 9.17) is 5.11 Å². The van der Waals surface area contributed by atoms with Crippen LogP contribution in [0.5, 0.6) is 0 Å². The molecule has 5 heteroatoms. The number of halogens is 2. The minimum absolute atomic E-state index is 0. The molecule has 0 saturated heterocycles. The van der Waals surface area contributed by atoms with Crippen LogP contribution in [0.4, 0.5) is 4.39 Å². The summed E-state index contributed by atoms with van der Waals surface area (Å²) in [7, 11) is 0. The number of benzene rings is 1. The lowest BCUT2D eigenvalue weighted by atomic mass is 10.2. The minimum Gasteiger partial charge on any atom is -0.478 e. The van der Waals surface area contributed by atoms with Gasteiger partial charge in [-0.15, -0.1) is 12.4 Å². The van der Waals surface area contributed by atoms with E-state index in [0.29, 0.717) is 10.9 Å². The van der Waals surface area contributed by atoms with Crippen molar-refractivity contribution in [2.24, 2.45) is 0 Å². The van der Waals surface area contributed by atoms with Gasteiger partial charge in [-0.25, -0.2) is 9.18 Å². The fourth-order valence-corrected chi connectivity index (χ4v) is 1.27. The molecule has 14 heavy (non-hydrogen) atoms. The van der Waals surface area contributed by atoms with E-state index in [1.807, 2.05) is 0 Å². The van der Waals surface area contributed by atoms with Crippen molar-refractivity contribution in [1.29, 1.82) is 0 Å². The first-order valence-corrected chi connectivity index (χ1v) is 3.68. The standard InChI is InChI=1S/C9H6FNO2.ClH/c10-5-1-2-8-6(3-5)7(4-11-8)9(12)13;/h1-4,11H,(H,12,13);1H. The molecule has 1 aromatic heterocycles. The number of carboxylic acid groups (broad SMARTS) is 1. The second-order valence-corrected chi connectivity index (χ2v) is 2.70. The molecule has 1 aromatic carbocycles. The molecule has 0 spiro atoms. The Morgan fingerprint density at radius 1 is 1.43 bits per heavy atom.